The second-order valence-corrected chi connectivity index (χ2v) is 6.39. The van der Waals surface area contributed by atoms with E-state index in [-0.39, 0.29) is 5.75 Å². The molecular formula is C15H20BrF2NO. The van der Waals surface area contributed by atoms with E-state index in [0.29, 0.717) is 23.7 Å². The van der Waals surface area contributed by atoms with Gasteiger partial charge >= 0.3 is 0 Å². The van der Waals surface area contributed by atoms with Gasteiger partial charge < -0.3 is 10.1 Å². The van der Waals surface area contributed by atoms with Crippen molar-refractivity contribution in [2.24, 2.45) is 5.92 Å². The van der Waals surface area contributed by atoms with E-state index in [4.69, 9.17) is 4.74 Å². The second-order valence-electron chi connectivity index (χ2n) is 5.47. The molecule has 0 amide bonds. The third-order valence-electron chi connectivity index (χ3n) is 3.69. The minimum absolute atomic E-state index is 0.0457. The maximum absolute atomic E-state index is 13.5. The fourth-order valence-corrected chi connectivity index (χ4v) is 3.09. The molecule has 0 aromatic heterocycles. The topological polar surface area (TPSA) is 21.3 Å². The second kappa shape index (κ2) is 7.36. The zero-order valence-corrected chi connectivity index (χ0v) is 13.2. The van der Waals surface area contributed by atoms with Crippen LogP contribution in [0.1, 0.15) is 32.6 Å². The lowest BCUT2D eigenvalue weighted by Gasteiger charge is -2.27. The summed E-state index contributed by atoms with van der Waals surface area (Å²) in [6, 6.07) is 3.05. The Hall–Kier alpha value is -0.680. The summed E-state index contributed by atoms with van der Waals surface area (Å²) in [6.07, 6.45) is 4.92. The van der Waals surface area contributed by atoms with Crippen molar-refractivity contribution in [2.45, 2.75) is 38.6 Å². The number of nitrogens with one attached hydrogen (secondary N) is 1. The van der Waals surface area contributed by atoms with Crippen molar-refractivity contribution in [2.75, 3.05) is 13.2 Å². The molecule has 1 aromatic rings. The molecule has 1 fully saturated rings. The van der Waals surface area contributed by atoms with E-state index in [2.05, 4.69) is 28.2 Å². The molecule has 0 bridgehead atoms. The summed E-state index contributed by atoms with van der Waals surface area (Å²) in [5, 5.41) is 3.42. The van der Waals surface area contributed by atoms with Crippen molar-refractivity contribution in [1.82, 2.24) is 5.32 Å². The van der Waals surface area contributed by atoms with Crippen LogP contribution in [0.15, 0.2) is 16.6 Å². The highest BCUT2D eigenvalue weighted by molar-refractivity contribution is 9.10. The van der Waals surface area contributed by atoms with E-state index in [0.717, 1.165) is 12.0 Å². The van der Waals surface area contributed by atoms with Gasteiger partial charge in [0.05, 0.1) is 0 Å². The van der Waals surface area contributed by atoms with Gasteiger partial charge in [-0.1, -0.05) is 35.7 Å². The maximum atomic E-state index is 13.5. The molecule has 20 heavy (non-hydrogen) atoms. The number of hydrogen-bond donors (Lipinski definition) is 1. The van der Waals surface area contributed by atoms with Crippen molar-refractivity contribution in [3.05, 3.63) is 28.2 Å². The summed E-state index contributed by atoms with van der Waals surface area (Å²) in [5.41, 5.74) is 0. The maximum Gasteiger partial charge on any atom is 0.200 e. The lowest BCUT2D eigenvalue weighted by Crippen LogP contribution is -2.36. The van der Waals surface area contributed by atoms with Crippen molar-refractivity contribution in [3.8, 4) is 5.75 Å². The Morgan fingerprint density at radius 3 is 2.90 bits per heavy atom. The monoisotopic (exact) mass is 347 g/mol. The predicted octanol–water partition coefficient (Wildman–Crippen LogP) is 4.27. The number of halogens is 3. The van der Waals surface area contributed by atoms with E-state index in [1.165, 1.54) is 31.7 Å². The van der Waals surface area contributed by atoms with Crippen LogP contribution in [-0.4, -0.2) is 19.2 Å². The molecule has 1 aliphatic carbocycles. The van der Waals surface area contributed by atoms with Gasteiger partial charge in [-0.3, -0.25) is 0 Å². The normalized spacial score (nSPS) is 22.8. The molecule has 0 saturated heterocycles. The van der Waals surface area contributed by atoms with E-state index in [1.54, 1.807) is 0 Å². The van der Waals surface area contributed by atoms with Gasteiger partial charge in [-0.25, -0.2) is 4.39 Å². The Balaban J connectivity index is 1.76. The van der Waals surface area contributed by atoms with Gasteiger partial charge in [-0.2, -0.15) is 4.39 Å². The standard InChI is InChI=1S/C15H20BrF2NO/c1-10-3-2-4-12(7-10)19-5-6-20-14-9-11(16)8-13(17)15(14)18/h8-10,12,19H,2-7H2,1H3. The van der Waals surface area contributed by atoms with Crippen LogP contribution in [0.4, 0.5) is 8.78 Å². The molecule has 112 valence electrons. The van der Waals surface area contributed by atoms with Crippen molar-refractivity contribution in [1.29, 1.82) is 0 Å². The van der Waals surface area contributed by atoms with Crippen LogP contribution in [0.3, 0.4) is 0 Å². The van der Waals surface area contributed by atoms with Gasteiger partial charge in [0, 0.05) is 17.1 Å². The quantitative estimate of drug-likeness (QED) is 0.634. The molecule has 1 aliphatic rings. The van der Waals surface area contributed by atoms with Crippen molar-refractivity contribution in [3.63, 3.8) is 0 Å². The molecule has 0 radical (unpaired) electrons. The fraction of sp³-hybridized carbons (Fsp3) is 0.600. The Kier molecular flexibility index (Phi) is 5.78. The third kappa shape index (κ3) is 4.42. The summed E-state index contributed by atoms with van der Waals surface area (Å²) in [4.78, 5) is 0. The Bertz CT molecular complexity index is 456. The van der Waals surface area contributed by atoms with Crippen LogP contribution in [-0.2, 0) is 0 Å². The first-order valence-electron chi connectivity index (χ1n) is 7.07. The minimum Gasteiger partial charge on any atom is -0.489 e. The zero-order valence-electron chi connectivity index (χ0n) is 11.6. The van der Waals surface area contributed by atoms with Crippen LogP contribution in [0, 0.1) is 17.6 Å². The molecule has 2 rings (SSSR count). The van der Waals surface area contributed by atoms with E-state index >= 15 is 0 Å². The summed E-state index contributed by atoms with van der Waals surface area (Å²) >= 11 is 3.12. The van der Waals surface area contributed by atoms with E-state index < -0.39 is 11.6 Å². The average molecular weight is 348 g/mol. The van der Waals surface area contributed by atoms with Crippen molar-refractivity contribution < 1.29 is 13.5 Å². The molecule has 1 saturated carbocycles. The molecule has 5 heteroatoms. The first-order valence-corrected chi connectivity index (χ1v) is 7.86. The Morgan fingerprint density at radius 1 is 1.35 bits per heavy atom. The molecule has 2 nitrogen and oxygen atoms in total. The van der Waals surface area contributed by atoms with Gasteiger partial charge in [0.25, 0.3) is 0 Å². The fourth-order valence-electron chi connectivity index (χ4n) is 2.68. The lowest BCUT2D eigenvalue weighted by atomic mass is 9.87. The largest absolute Gasteiger partial charge is 0.489 e. The average Bonchev–Trinajstić information content (AvgIpc) is 2.40. The van der Waals surface area contributed by atoms with Crippen molar-refractivity contribution >= 4 is 15.9 Å². The zero-order chi connectivity index (χ0) is 14.5. The highest BCUT2D eigenvalue weighted by Gasteiger charge is 2.18. The van der Waals surface area contributed by atoms with Crippen LogP contribution >= 0.6 is 15.9 Å². The van der Waals surface area contributed by atoms with Gasteiger partial charge in [-0.15, -0.1) is 0 Å². The Morgan fingerprint density at radius 2 is 2.15 bits per heavy atom. The third-order valence-corrected chi connectivity index (χ3v) is 4.15. The number of benzene rings is 1. The lowest BCUT2D eigenvalue weighted by molar-refractivity contribution is 0.258. The van der Waals surface area contributed by atoms with Gasteiger partial charge in [-0.05, 0) is 30.9 Å². The van der Waals surface area contributed by atoms with Gasteiger partial charge in [0.15, 0.2) is 11.6 Å². The summed E-state index contributed by atoms with van der Waals surface area (Å²) in [5.74, 6) is -1.11. The van der Waals surface area contributed by atoms with E-state index in [1.807, 2.05) is 0 Å². The smallest absolute Gasteiger partial charge is 0.200 e. The molecule has 0 spiro atoms. The first kappa shape index (κ1) is 15.7. The van der Waals surface area contributed by atoms with Crippen LogP contribution in [0.5, 0.6) is 5.75 Å². The highest BCUT2D eigenvalue weighted by Crippen LogP contribution is 2.25. The SMILES string of the molecule is CC1CCCC(NCCOc2cc(Br)cc(F)c2F)C1. The summed E-state index contributed by atoms with van der Waals surface area (Å²) in [7, 11) is 0. The highest BCUT2D eigenvalue weighted by atomic mass is 79.9. The minimum atomic E-state index is -0.931. The molecule has 0 aliphatic heterocycles. The molecule has 2 unspecified atom stereocenters. The van der Waals surface area contributed by atoms with Gasteiger partial charge in [0.2, 0.25) is 5.82 Å². The van der Waals surface area contributed by atoms with Crippen LogP contribution < -0.4 is 10.1 Å². The molecule has 0 heterocycles. The summed E-state index contributed by atoms with van der Waals surface area (Å²) < 4.78 is 32.4. The van der Waals surface area contributed by atoms with Gasteiger partial charge in [0.1, 0.15) is 6.61 Å². The molecule has 1 N–H and O–H groups in total. The molecule has 1 aromatic carbocycles. The predicted molar refractivity (Wildman–Crippen MR) is 79.0 cm³/mol. The molecular weight excluding hydrogens is 328 g/mol. The van der Waals surface area contributed by atoms with Crippen LogP contribution in [0.25, 0.3) is 0 Å². The number of ether oxygens (including phenoxy) is 1. The number of rotatable bonds is 5. The van der Waals surface area contributed by atoms with Crippen LogP contribution in [0.2, 0.25) is 0 Å². The first-order chi connectivity index (χ1) is 9.56. The molecule has 2 atom stereocenters. The van der Waals surface area contributed by atoms with E-state index in [9.17, 15) is 8.78 Å². The Labute approximate surface area is 127 Å². The summed E-state index contributed by atoms with van der Waals surface area (Å²) in [6.45, 7) is 3.24. The number of hydrogen-bond acceptors (Lipinski definition) is 2.